The van der Waals surface area contributed by atoms with E-state index in [1.54, 1.807) is 31.2 Å². The summed E-state index contributed by atoms with van der Waals surface area (Å²) in [7, 11) is 0. The number of carbonyl (C=O) groups is 3. The van der Waals surface area contributed by atoms with Crippen LogP contribution in [-0.4, -0.2) is 35.6 Å². The van der Waals surface area contributed by atoms with Gasteiger partial charge < -0.3 is 20.1 Å². The number of halogens is 3. The van der Waals surface area contributed by atoms with Crippen molar-refractivity contribution in [1.82, 2.24) is 10.2 Å². The number of anilines is 1. The Morgan fingerprint density at radius 1 is 1.17 bits per heavy atom. The summed E-state index contributed by atoms with van der Waals surface area (Å²) in [4.78, 5) is 38.5. The fourth-order valence-corrected chi connectivity index (χ4v) is 3.94. The number of fused-ring (bicyclic) bond motifs is 1. The maximum Gasteiger partial charge on any atom is 0.586 e. The number of ether oxygens (including phenoxy) is 2. The molecule has 0 aliphatic carbocycles. The second-order valence-corrected chi connectivity index (χ2v) is 7.66. The summed E-state index contributed by atoms with van der Waals surface area (Å²) in [6, 6.07) is 9.90. The van der Waals surface area contributed by atoms with Crippen LogP contribution in [0.15, 0.2) is 46.9 Å². The Morgan fingerprint density at radius 3 is 2.60 bits per heavy atom. The average Bonchev–Trinajstić information content (AvgIpc) is 3.08. The minimum Gasteiger partial charge on any atom is -0.395 e. The second-order valence-electron chi connectivity index (χ2n) is 6.80. The van der Waals surface area contributed by atoms with Crippen LogP contribution in [0.4, 0.5) is 19.3 Å². The van der Waals surface area contributed by atoms with Gasteiger partial charge in [0.1, 0.15) is 12.1 Å². The molecule has 1 atom stereocenters. The van der Waals surface area contributed by atoms with Crippen molar-refractivity contribution in [3.8, 4) is 11.5 Å². The van der Waals surface area contributed by atoms with Gasteiger partial charge in [0.25, 0.3) is 5.91 Å². The molecular formula is C19H14BrF2N3O5. The molecule has 2 N–H and O–H groups in total. The first-order chi connectivity index (χ1) is 14.1. The molecule has 11 heteroatoms. The van der Waals surface area contributed by atoms with Crippen molar-refractivity contribution in [3.63, 3.8) is 0 Å². The smallest absolute Gasteiger partial charge is 0.395 e. The van der Waals surface area contributed by atoms with Crippen LogP contribution < -0.4 is 20.1 Å². The Balaban J connectivity index is 1.47. The topological polar surface area (TPSA) is 97.0 Å². The molecule has 8 nitrogen and oxygen atoms in total. The van der Waals surface area contributed by atoms with Crippen LogP contribution in [0.5, 0.6) is 11.5 Å². The summed E-state index contributed by atoms with van der Waals surface area (Å²) in [5, 5.41) is 5.05. The van der Waals surface area contributed by atoms with Gasteiger partial charge in [0, 0.05) is 21.8 Å². The number of urea groups is 1. The summed E-state index contributed by atoms with van der Waals surface area (Å²) in [5.41, 5.74) is -0.662. The number of nitrogens with one attached hydrogen (secondary N) is 2. The summed E-state index contributed by atoms with van der Waals surface area (Å²) in [5.74, 6) is -1.70. The predicted molar refractivity (Wildman–Crippen MR) is 103 cm³/mol. The second kappa shape index (κ2) is 6.94. The third-order valence-electron chi connectivity index (χ3n) is 4.67. The van der Waals surface area contributed by atoms with Crippen molar-refractivity contribution in [1.29, 1.82) is 0 Å². The van der Waals surface area contributed by atoms with Gasteiger partial charge in [-0.3, -0.25) is 14.5 Å². The number of benzene rings is 2. The molecule has 0 unspecified atom stereocenters. The minimum absolute atomic E-state index is 0.140. The van der Waals surface area contributed by atoms with Crippen molar-refractivity contribution in [2.45, 2.75) is 18.8 Å². The molecule has 156 valence electrons. The summed E-state index contributed by atoms with van der Waals surface area (Å²) in [6.07, 6.45) is -3.78. The van der Waals surface area contributed by atoms with Gasteiger partial charge in [0.05, 0.1) is 0 Å². The molecule has 1 fully saturated rings. The van der Waals surface area contributed by atoms with Gasteiger partial charge in [-0.2, -0.15) is 0 Å². The Bertz CT molecular complexity index is 1080. The maximum atomic E-state index is 13.1. The third kappa shape index (κ3) is 3.45. The fraction of sp³-hybridized carbons (Fsp3) is 0.211. The van der Waals surface area contributed by atoms with E-state index in [0.29, 0.717) is 10.0 Å². The Kier molecular flexibility index (Phi) is 4.64. The maximum absolute atomic E-state index is 13.1. The van der Waals surface area contributed by atoms with Crippen LogP contribution in [0.1, 0.15) is 12.5 Å². The molecule has 2 aliphatic heterocycles. The van der Waals surface area contributed by atoms with Gasteiger partial charge in [-0.25, -0.2) is 4.79 Å². The zero-order valence-corrected chi connectivity index (χ0v) is 17.0. The highest BCUT2D eigenvalue weighted by Gasteiger charge is 2.50. The third-order valence-corrected chi connectivity index (χ3v) is 5.37. The standard InChI is InChI=1S/C19H14BrF2N3O5/c1-18(11-4-2-3-5-12(11)20)16(27)25(17(28)24-18)9-15(26)23-10-6-7-13-14(8-10)30-19(21,22)29-13/h2-8H,9H2,1H3,(H,23,26)(H,24,28)/t18-/m0/s1. The Hall–Kier alpha value is -3.21. The lowest BCUT2D eigenvalue weighted by Gasteiger charge is -2.23. The van der Waals surface area contributed by atoms with E-state index in [1.807, 2.05) is 0 Å². The van der Waals surface area contributed by atoms with Crippen LogP contribution in [0.3, 0.4) is 0 Å². The number of amides is 4. The first-order valence-electron chi connectivity index (χ1n) is 8.68. The van der Waals surface area contributed by atoms with Gasteiger partial charge in [-0.05, 0) is 25.1 Å². The number of nitrogens with zero attached hydrogens (tertiary/aromatic N) is 1. The van der Waals surface area contributed by atoms with E-state index in [4.69, 9.17) is 0 Å². The molecule has 0 saturated carbocycles. The van der Waals surface area contributed by atoms with Gasteiger partial charge in [-0.15, -0.1) is 8.78 Å². The van der Waals surface area contributed by atoms with E-state index in [0.717, 1.165) is 11.0 Å². The molecule has 2 aliphatic rings. The molecule has 0 spiro atoms. The molecular weight excluding hydrogens is 468 g/mol. The van der Waals surface area contributed by atoms with Crippen molar-refractivity contribution < 1.29 is 32.6 Å². The zero-order valence-electron chi connectivity index (χ0n) is 15.4. The highest BCUT2D eigenvalue weighted by Crippen LogP contribution is 2.42. The molecule has 2 aromatic rings. The lowest BCUT2D eigenvalue weighted by Crippen LogP contribution is -2.42. The average molecular weight is 482 g/mol. The van der Waals surface area contributed by atoms with Gasteiger partial charge in [-0.1, -0.05) is 34.1 Å². The van der Waals surface area contributed by atoms with Crippen molar-refractivity contribution >= 4 is 39.5 Å². The van der Waals surface area contributed by atoms with Crippen LogP contribution in [0.25, 0.3) is 0 Å². The first-order valence-corrected chi connectivity index (χ1v) is 9.47. The molecule has 0 radical (unpaired) electrons. The van der Waals surface area contributed by atoms with Crippen molar-refractivity contribution in [2.24, 2.45) is 0 Å². The monoisotopic (exact) mass is 481 g/mol. The molecule has 2 aromatic carbocycles. The van der Waals surface area contributed by atoms with Gasteiger partial charge in [0.2, 0.25) is 5.91 Å². The lowest BCUT2D eigenvalue weighted by atomic mass is 9.92. The number of alkyl halides is 2. The summed E-state index contributed by atoms with van der Waals surface area (Å²) >= 11 is 3.36. The van der Waals surface area contributed by atoms with Crippen LogP contribution in [0.2, 0.25) is 0 Å². The minimum atomic E-state index is -3.78. The number of carbonyl (C=O) groups excluding carboxylic acids is 3. The number of rotatable bonds is 4. The highest BCUT2D eigenvalue weighted by atomic mass is 79.9. The Morgan fingerprint density at radius 2 is 1.87 bits per heavy atom. The van der Waals surface area contributed by atoms with Crippen LogP contribution >= 0.6 is 15.9 Å². The van der Waals surface area contributed by atoms with E-state index in [1.165, 1.54) is 12.1 Å². The number of imide groups is 1. The zero-order chi connectivity index (χ0) is 21.7. The van der Waals surface area contributed by atoms with E-state index >= 15 is 0 Å². The molecule has 30 heavy (non-hydrogen) atoms. The van der Waals surface area contributed by atoms with E-state index < -0.39 is 36.2 Å². The number of hydrogen-bond acceptors (Lipinski definition) is 5. The molecule has 2 heterocycles. The van der Waals surface area contributed by atoms with Crippen molar-refractivity contribution in [2.75, 3.05) is 11.9 Å². The first kappa shape index (κ1) is 20.1. The quantitative estimate of drug-likeness (QED) is 0.653. The van der Waals surface area contributed by atoms with Gasteiger partial charge >= 0.3 is 12.3 Å². The van der Waals surface area contributed by atoms with Gasteiger partial charge in [0.15, 0.2) is 11.5 Å². The van der Waals surface area contributed by atoms with E-state index in [9.17, 15) is 23.2 Å². The Labute approximate surface area is 177 Å². The van der Waals surface area contributed by atoms with Crippen LogP contribution in [0, 0.1) is 0 Å². The normalized spacial score (nSPS) is 21.5. The molecule has 4 rings (SSSR count). The largest absolute Gasteiger partial charge is 0.586 e. The molecule has 1 saturated heterocycles. The van der Waals surface area contributed by atoms with E-state index in [2.05, 4.69) is 36.0 Å². The lowest BCUT2D eigenvalue weighted by molar-refractivity contribution is -0.286. The van der Waals surface area contributed by atoms with Crippen molar-refractivity contribution in [3.05, 3.63) is 52.5 Å². The van der Waals surface area contributed by atoms with E-state index in [-0.39, 0.29) is 17.2 Å². The fourth-order valence-electron chi connectivity index (χ4n) is 3.26. The molecule has 0 aromatic heterocycles. The highest BCUT2D eigenvalue weighted by molar-refractivity contribution is 9.10. The summed E-state index contributed by atoms with van der Waals surface area (Å²) in [6.45, 7) is 0.985. The number of hydrogen-bond donors (Lipinski definition) is 2. The predicted octanol–water partition coefficient (Wildman–Crippen LogP) is 3.18. The van der Waals surface area contributed by atoms with Crippen LogP contribution in [-0.2, 0) is 15.1 Å². The molecule has 0 bridgehead atoms. The molecule has 4 amide bonds. The SMILES string of the molecule is C[C@@]1(c2ccccc2Br)NC(=O)N(CC(=O)Nc2ccc3c(c2)OC(F)(F)O3)C1=O. The summed E-state index contributed by atoms with van der Waals surface area (Å²) < 4.78 is 35.5.